The smallest absolute Gasteiger partial charge is 0.226 e. The van der Waals surface area contributed by atoms with E-state index < -0.39 is 0 Å². The summed E-state index contributed by atoms with van der Waals surface area (Å²) in [4.78, 5) is 14.4. The molecule has 0 unspecified atom stereocenters. The molecule has 2 heterocycles. The molecule has 0 saturated carbocycles. The first-order valence-corrected chi connectivity index (χ1v) is 9.44. The maximum absolute atomic E-state index is 12.5. The van der Waals surface area contributed by atoms with Gasteiger partial charge >= 0.3 is 0 Å². The number of ether oxygens (including phenoxy) is 1. The Labute approximate surface area is 156 Å². The van der Waals surface area contributed by atoms with E-state index in [1.807, 2.05) is 23.2 Å². The molecule has 0 fully saturated rings. The zero-order valence-corrected chi connectivity index (χ0v) is 16.3. The van der Waals surface area contributed by atoms with Crippen molar-refractivity contribution in [1.29, 1.82) is 0 Å². The van der Waals surface area contributed by atoms with Gasteiger partial charge in [-0.05, 0) is 44.9 Å². The van der Waals surface area contributed by atoms with Crippen molar-refractivity contribution in [3.63, 3.8) is 0 Å². The zero-order valence-electron chi connectivity index (χ0n) is 16.3. The van der Waals surface area contributed by atoms with Crippen molar-refractivity contribution in [1.82, 2.24) is 14.7 Å². The molecule has 26 heavy (non-hydrogen) atoms. The molecule has 1 aliphatic rings. The first kappa shape index (κ1) is 18.5. The number of hydrogen-bond donors (Lipinski definition) is 0. The number of carbonyl (C=O) groups is 1. The van der Waals surface area contributed by atoms with Gasteiger partial charge in [-0.15, -0.1) is 0 Å². The molecule has 0 N–H and O–H groups in total. The highest BCUT2D eigenvalue weighted by Gasteiger charge is 2.27. The lowest BCUT2D eigenvalue weighted by atomic mass is 10.0. The summed E-state index contributed by atoms with van der Waals surface area (Å²) in [5, 5.41) is 4.53. The van der Waals surface area contributed by atoms with Crippen LogP contribution >= 0.6 is 0 Å². The quantitative estimate of drug-likeness (QED) is 0.824. The minimum Gasteiger partial charge on any atom is -0.493 e. The number of fused-ring (bicyclic) bond motifs is 1. The average Bonchev–Trinajstić information content (AvgIpc) is 3.05. The van der Waals surface area contributed by atoms with Crippen LogP contribution in [0.2, 0.25) is 0 Å². The van der Waals surface area contributed by atoms with Crippen molar-refractivity contribution in [3.8, 4) is 5.75 Å². The number of benzene rings is 1. The van der Waals surface area contributed by atoms with Crippen LogP contribution in [0.15, 0.2) is 30.5 Å². The number of hydrogen-bond acceptors (Lipinski definition) is 3. The standard InChI is InChI=1S/C21H29N3O2/c1-5-16-6-8-18(9-7-16)26-13-11-20(25)23-12-10-19-17(15-23)14-22-24(19)21(2,3)4/h6-9,14H,5,10-13,15H2,1-4H3. The molecule has 1 aliphatic heterocycles. The maximum atomic E-state index is 12.5. The second kappa shape index (κ2) is 7.52. The molecule has 0 spiro atoms. The van der Waals surface area contributed by atoms with Gasteiger partial charge in [0.1, 0.15) is 5.75 Å². The number of aromatic nitrogens is 2. The molecule has 3 rings (SSSR count). The second-order valence-electron chi connectivity index (χ2n) is 7.86. The van der Waals surface area contributed by atoms with E-state index in [4.69, 9.17) is 4.74 Å². The molecule has 140 valence electrons. The van der Waals surface area contributed by atoms with Crippen LogP contribution in [0.3, 0.4) is 0 Å². The molecule has 5 nitrogen and oxygen atoms in total. The Morgan fingerprint density at radius 2 is 1.96 bits per heavy atom. The molecule has 0 radical (unpaired) electrons. The molecule has 2 aromatic rings. The predicted molar refractivity (Wildman–Crippen MR) is 102 cm³/mol. The van der Waals surface area contributed by atoms with Crippen molar-refractivity contribution < 1.29 is 9.53 Å². The minimum absolute atomic E-state index is 0.0269. The van der Waals surface area contributed by atoms with Crippen molar-refractivity contribution in [2.75, 3.05) is 13.2 Å². The lowest BCUT2D eigenvalue weighted by Gasteiger charge is -2.30. The van der Waals surface area contributed by atoms with E-state index in [0.717, 1.165) is 30.7 Å². The SMILES string of the molecule is CCc1ccc(OCCC(=O)N2CCc3c(cnn3C(C)(C)C)C2)cc1. The Morgan fingerprint density at radius 3 is 2.62 bits per heavy atom. The van der Waals surface area contributed by atoms with Gasteiger partial charge in [0, 0.05) is 30.8 Å². The molecule has 0 aliphatic carbocycles. The van der Waals surface area contributed by atoms with Gasteiger partial charge in [-0.3, -0.25) is 9.48 Å². The average molecular weight is 355 g/mol. The lowest BCUT2D eigenvalue weighted by molar-refractivity contribution is -0.132. The fourth-order valence-corrected chi connectivity index (χ4v) is 3.36. The lowest BCUT2D eigenvalue weighted by Crippen LogP contribution is -2.38. The summed E-state index contributed by atoms with van der Waals surface area (Å²) in [6, 6.07) is 8.07. The highest BCUT2D eigenvalue weighted by Crippen LogP contribution is 2.24. The van der Waals surface area contributed by atoms with Gasteiger partial charge in [0.15, 0.2) is 0 Å². The summed E-state index contributed by atoms with van der Waals surface area (Å²) in [5.74, 6) is 0.965. The monoisotopic (exact) mass is 355 g/mol. The van der Waals surface area contributed by atoms with Crippen LogP contribution < -0.4 is 4.74 Å². The number of aryl methyl sites for hydroxylation is 1. The van der Waals surface area contributed by atoms with E-state index in [1.165, 1.54) is 11.3 Å². The number of carbonyl (C=O) groups excluding carboxylic acids is 1. The normalized spacial score (nSPS) is 14.2. The first-order valence-electron chi connectivity index (χ1n) is 9.44. The summed E-state index contributed by atoms with van der Waals surface area (Å²) < 4.78 is 7.81. The molecule has 5 heteroatoms. The molecule has 1 amide bonds. The molecule has 0 bridgehead atoms. The van der Waals surface area contributed by atoms with Crippen molar-refractivity contribution in [2.24, 2.45) is 0 Å². The Kier molecular flexibility index (Phi) is 5.35. The van der Waals surface area contributed by atoms with Gasteiger partial charge in [0.25, 0.3) is 0 Å². The van der Waals surface area contributed by atoms with Gasteiger partial charge in [0.2, 0.25) is 5.91 Å². The van der Waals surface area contributed by atoms with Gasteiger partial charge in [-0.1, -0.05) is 19.1 Å². The van der Waals surface area contributed by atoms with Crippen LogP contribution in [0.5, 0.6) is 5.75 Å². The second-order valence-corrected chi connectivity index (χ2v) is 7.86. The van der Waals surface area contributed by atoms with Crippen LogP contribution in [0.25, 0.3) is 0 Å². The van der Waals surface area contributed by atoms with Crippen molar-refractivity contribution in [2.45, 2.75) is 59.0 Å². The summed E-state index contributed by atoms with van der Waals surface area (Å²) in [7, 11) is 0. The maximum Gasteiger partial charge on any atom is 0.226 e. The van der Waals surface area contributed by atoms with Crippen molar-refractivity contribution >= 4 is 5.91 Å². The van der Waals surface area contributed by atoms with Gasteiger partial charge in [0.05, 0.1) is 24.8 Å². The Morgan fingerprint density at radius 1 is 1.23 bits per heavy atom. The van der Waals surface area contributed by atoms with E-state index in [9.17, 15) is 4.79 Å². The molecular formula is C21H29N3O2. The van der Waals surface area contributed by atoms with Crippen molar-refractivity contribution in [3.05, 3.63) is 47.3 Å². The molecule has 1 aromatic heterocycles. The zero-order chi connectivity index (χ0) is 18.7. The molecule has 1 aromatic carbocycles. The van der Waals surface area contributed by atoms with Crippen LogP contribution in [-0.4, -0.2) is 33.7 Å². The highest BCUT2D eigenvalue weighted by atomic mass is 16.5. The minimum atomic E-state index is -0.0269. The number of nitrogens with zero attached hydrogens (tertiary/aromatic N) is 3. The van der Waals surface area contributed by atoms with Crippen LogP contribution in [-0.2, 0) is 29.7 Å². The van der Waals surface area contributed by atoms with Gasteiger partial charge in [-0.25, -0.2) is 0 Å². The third-order valence-electron chi connectivity index (χ3n) is 4.84. The van der Waals surface area contributed by atoms with E-state index in [0.29, 0.717) is 19.6 Å². The van der Waals surface area contributed by atoms with Gasteiger partial charge < -0.3 is 9.64 Å². The van der Waals surface area contributed by atoms with E-state index >= 15 is 0 Å². The van der Waals surface area contributed by atoms with E-state index in [2.05, 4.69) is 49.6 Å². The number of rotatable bonds is 5. The van der Waals surface area contributed by atoms with Crippen LogP contribution in [0, 0.1) is 0 Å². The fraction of sp³-hybridized carbons (Fsp3) is 0.524. The Balaban J connectivity index is 1.52. The summed E-state index contributed by atoms with van der Waals surface area (Å²) >= 11 is 0. The third-order valence-corrected chi connectivity index (χ3v) is 4.84. The highest BCUT2D eigenvalue weighted by molar-refractivity contribution is 5.76. The predicted octanol–water partition coefficient (Wildman–Crippen LogP) is 3.55. The first-order chi connectivity index (χ1) is 12.4. The number of amides is 1. The topological polar surface area (TPSA) is 47.4 Å². The molecular weight excluding hydrogens is 326 g/mol. The van der Waals surface area contributed by atoms with Crippen LogP contribution in [0.1, 0.15) is 50.9 Å². The fourth-order valence-electron chi connectivity index (χ4n) is 3.36. The Bertz CT molecular complexity index is 757. The third kappa shape index (κ3) is 4.09. The summed E-state index contributed by atoms with van der Waals surface area (Å²) in [6.07, 6.45) is 4.18. The molecule has 0 atom stereocenters. The van der Waals surface area contributed by atoms with E-state index in [1.54, 1.807) is 0 Å². The molecule has 0 saturated heterocycles. The summed E-state index contributed by atoms with van der Waals surface area (Å²) in [5.41, 5.74) is 3.68. The largest absolute Gasteiger partial charge is 0.493 e. The van der Waals surface area contributed by atoms with Gasteiger partial charge in [-0.2, -0.15) is 5.10 Å². The van der Waals surface area contributed by atoms with Crippen LogP contribution in [0.4, 0.5) is 0 Å². The Hall–Kier alpha value is -2.30. The van der Waals surface area contributed by atoms with E-state index in [-0.39, 0.29) is 11.4 Å². The summed E-state index contributed by atoms with van der Waals surface area (Å²) in [6.45, 7) is 10.4.